The van der Waals surface area contributed by atoms with Crippen molar-refractivity contribution in [2.24, 2.45) is 0 Å². The first-order chi connectivity index (χ1) is 10.0. The lowest BCUT2D eigenvalue weighted by Gasteiger charge is -2.14. The van der Waals surface area contributed by atoms with Gasteiger partial charge in [0, 0.05) is 28.1 Å². The highest BCUT2D eigenvalue weighted by atomic mass is 14.9. The maximum Gasteiger partial charge on any atom is 0.0727 e. The monoisotopic (exact) mass is 277 g/mol. The molecule has 0 aliphatic carbocycles. The maximum atomic E-state index is 5.92. The van der Waals surface area contributed by atoms with Crippen molar-refractivity contribution in [3.63, 3.8) is 0 Å². The number of anilines is 3. The molecule has 2 aromatic carbocycles. The van der Waals surface area contributed by atoms with Crippen molar-refractivity contribution >= 4 is 28.0 Å². The smallest absolute Gasteiger partial charge is 0.0727 e. The van der Waals surface area contributed by atoms with E-state index in [-0.39, 0.29) is 0 Å². The molecular weight excluding hydrogens is 258 g/mol. The number of hydrogen-bond donors (Lipinski definition) is 2. The molecular formula is C18H19N3. The number of rotatable bonds is 2. The van der Waals surface area contributed by atoms with Crippen LogP contribution in [0.3, 0.4) is 0 Å². The zero-order valence-electron chi connectivity index (χ0n) is 12.6. The Morgan fingerprint density at radius 3 is 2.52 bits per heavy atom. The summed E-state index contributed by atoms with van der Waals surface area (Å²) >= 11 is 0. The van der Waals surface area contributed by atoms with E-state index < -0.39 is 0 Å². The van der Waals surface area contributed by atoms with Crippen LogP contribution in [-0.4, -0.2) is 4.98 Å². The first-order valence-electron chi connectivity index (χ1n) is 7.04. The van der Waals surface area contributed by atoms with Gasteiger partial charge in [-0.1, -0.05) is 12.1 Å². The van der Waals surface area contributed by atoms with Crippen molar-refractivity contribution in [3.05, 3.63) is 59.3 Å². The second-order valence-corrected chi connectivity index (χ2v) is 5.53. The molecule has 1 aromatic heterocycles. The van der Waals surface area contributed by atoms with Crippen molar-refractivity contribution in [2.75, 3.05) is 11.1 Å². The average Bonchev–Trinajstić information content (AvgIpc) is 2.43. The fourth-order valence-electron chi connectivity index (χ4n) is 2.49. The molecule has 0 aliphatic heterocycles. The van der Waals surface area contributed by atoms with Gasteiger partial charge < -0.3 is 11.1 Å². The van der Waals surface area contributed by atoms with Crippen LogP contribution in [0.2, 0.25) is 0 Å². The summed E-state index contributed by atoms with van der Waals surface area (Å²) in [5.74, 6) is 0. The molecule has 3 aromatic rings. The Balaban J connectivity index is 2.15. The molecule has 1 heterocycles. The number of benzene rings is 2. The van der Waals surface area contributed by atoms with Crippen molar-refractivity contribution in [1.82, 2.24) is 4.98 Å². The van der Waals surface area contributed by atoms with Gasteiger partial charge in [0.15, 0.2) is 0 Å². The Kier molecular flexibility index (Phi) is 3.26. The SMILES string of the molecule is Cc1ccc(C)c(Nc2cc(C)nc3ccc(N)cc23)c1. The predicted molar refractivity (Wildman–Crippen MR) is 90.1 cm³/mol. The summed E-state index contributed by atoms with van der Waals surface area (Å²) in [5.41, 5.74) is 13.2. The Morgan fingerprint density at radius 1 is 0.905 bits per heavy atom. The van der Waals surface area contributed by atoms with Gasteiger partial charge in [0.1, 0.15) is 0 Å². The number of aryl methyl sites for hydroxylation is 3. The Labute approximate surface area is 124 Å². The average molecular weight is 277 g/mol. The number of fused-ring (bicyclic) bond motifs is 1. The van der Waals surface area contributed by atoms with Gasteiger partial charge in [-0.25, -0.2) is 0 Å². The van der Waals surface area contributed by atoms with Crippen LogP contribution in [0.4, 0.5) is 17.1 Å². The van der Waals surface area contributed by atoms with Crippen molar-refractivity contribution in [1.29, 1.82) is 0 Å². The lowest BCUT2D eigenvalue weighted by molar-refractivity contribution is 1.25. The summed E-state index contributed by atoms with van der Waals surface area (Å²) in [6.07, 6.45) is 0. The van der Waals surface area contributed by atoms with E-state index in [1.165, 1.54) is 11.1 Å². The molecule has 0 fully saturated rings. The first-order valence-corrected chi connectivity index (χ1v) is 7.04. The van der Waals surface area contributed by atoms with Gasteiger partial charge in [0.2, 0.25) is 0 Å². The molecule has 0 radical (unpaired) electrons. The third-order valence-corrected chi connectivity index (χ3v) is 3.62. The van der Waals surface area contributed by atoms with E-state index in [4.69, 9.17) is 5.73 Å². The van der Waals surface area contributed by atoms with Crippen LogP contribution in [0.25, 0.3) is 10.9 Å². The second-order valence-electron chi connectivity index (χ2n) is 5.53. The first kappa shape index (κ1) is 13.4. The molecule has 3 N–H and O–H groups in total. The highest BCUT2D eigenvalue weighted by Gasteiger charge is 2.07. The van der Waals surface area contributed by atoms with Gasteiger partial charge in [-0.3, -0.25) is 4.98 Å². The van der Waals surface area contributed by atoms with Gasteiger partial charge in [-0.2, -0.15) is 0 Å². The molecule has 0 saturated heterocycles. The molecule has 0 spiro atoms. The minimum absolute atomic E-state index is 0.747. The van der Waals surface area contributed by atoms with Crippen molar-refractivity contribution in [3.8, 4) is 0 Å². The fraction of sp³-hybridized carbons (Fsp3) is 0.167. The number of nitrogen functional groups attached to an aromatic ring is 1. The highest BCUT2D eigenvalue weighted by Crippen LogP contribution is 2.29. The quantitative estimate of drug-likeness (QED) is 0.679. The van der Waals surface area contributed by atoms with Crippen molar-refractivity contribution < 1.29 is 0 Å². The van der Waals surface area contributed by atoms with Gasteiger partial charge >= 0.3 is 0 Å². The summed E-state index contributed by atoms with van der Waals surface area (Å²) in [4.78, 5) is 4.56. The van der Waals surface area contributed by atoms with Gasteiger partial charge in [0.25, 0.3) is 0 Å². The molecule has 3 rings (SSSR count). The molecule has 3 nitrogen and oxygen atoms in total. The topological polar surface area (TPSA) is 50.9 Å². The fourth-order valence-corrected chi connectivity index (χ4v) is 2.49. The van der Waals surface area contributed by atoms with E-state index >= 15 is 0 Å². The number of nitrogens with one attached hydrogen (secondary N) is 1. The largest absolute Gasteiger partial charge is 0.399 e. The minimum atomic E-state index is 0.747. The Bertz CT molecular complexity index is 822. The van der Waals surface area contributed by atoms with E-state index in [0.29, 0.717) is 0 Å². The van der Waals surface area contributed by atoms with E-state index in [1.807, 2.05) is 25.1 Å². The van der Waals surface area contributed by atoms with E-state index in [1.54, 1.807) is 0 Å². The van der Waals surface area contributed by atoms with E-state index in [2.05, 4.69) is 48.4 Å². The van der Waals surface area contributed by atoms with Crippen LogP contribution >= 0.6 is 0 Å². The Morgan fingerprint density at radius 2 is 1.71 bits per heavy atom. The summed E-state index contributed by atoms with van der Waals surface area (Å²) in [7, 11) is 0. The van der Waals surface area contributed by atoms with E-state index in [0.717, 1.165) is 33.7 Å². The zero-order valence-corrected chi connectivity index (χ0v) is 12.6. The van der Waals surface area contributed by atoms with Crippen LogP contribution in [0.1, 0.15) is 16.8 Å². The van der Waals surface area contributed by atoms with Crippen LogP contribution in [0.5, 0.6) is 0 Å². The Hall–Kier alpha value is -2.55. The minimum Gasteiger partial charge on any atom is -0.399 e. The number of nitrogens with zero attached hydrogens (tertiary/aromatic N) is 1. The second kappa shape index (κ2) is 5.09. The van der Waals surface area contributed by atoms with Gasteiger partial charge in [0.05, 0.1) is 5.52 Å². The zero-order chi connectivity index (χ0) is 15.0. The standard InChI is InChI=1S/C18H19N3/c1-11-4-5-12(2)17(8-11)21-18-9-13(3)20-16-7-6-14(19)10-15(16)18/h4-10H,19H2,1-3H3,(H,20,21). The molecule has 3 heteroatoms. The molecule has 0 bridgehead atoms. The molecule has 0 atom stereocenters. The molecule has 0 saturated carbocycles. The normalized spacial score (nSPS) is 10.8. The number of nitrogens with two attached hydrogens (primary N) is 1. The number of pyridine rings is 1. The third kappa shape index (κ3) is 2.68. The molecule has 0 aliphatic rings. The molecule has 106 valence electrons. The number of hydrogen-bond acceptors (Lipinski definition) is 3. The summed E-state index contributed by atoms with van der Waals surface area (Å²) < 4.78 is 0. The summed E-state index contributed by atoms with van der Waals surface area (Å²) in [6, 6.07) is 14.3. The summed E-state index contributed by atoms with van der Waals surface area (Å²) in [5, 5.41) is 4.57. The van der Waals surface area contributed by atoms with Gasteiger partial charge in [-0.15, -0.1) is 0 Å². The van der Waals surface area contributed by atoms with Gasteiger partial charge in [-0.05, 0) is 62.2 Å². The lowest BCUT2D eigenvalue weighted by Crippen LogP contribution is -1.97. The van der Waals surface area contributed by atoms with Crippen LogP contribution in [0.15, 0.2) is 42.5 Å². The predicted octanol–water partition coefficient (Wildman–Crippen LogP) is 4.49. The maximum absolute atomic E-state index is 5.92. The lowest BCUT2D eigenvalue weighted by atomic mass is 10.1. The third-order valence-electron chi connectivity index (χ3n) is 3.62. The van der Waals surface area contributed by atoms with E-state index in [9.17, 15) is 0 Å². The van der Waals surface area contributed by atoms with Crippen molar-refractivity contribution in [2.45, 2.75) is 20.8 Å². The highest BCUT2D eigenvalue weighted by molar-refractivity contribution is 5.95. The van der Waals surface area contributed by atoms with Crippen LogP contribution in [-0.2, 0) is 0 Å². The molecule has 0 unspecified atom stereocenters. The van der Waals surface area contributed by atoms with Crippen LogP contribution < -0.4 is 11.1 Å². The van der Waals surface area contributed by atoms with Crippen LogP contribution in [0, 0.1) is 20.8 Å². The number of aromatic nitrogens is 1. The summed E-state index contributed by atoms with van der Waals surface area (Å²) in [6.45, 7) is 6.20. The molecule has 0 amide bonds. The molecule has 21 heavy (non-hydrogen) atoms.